The molecule has 0 atom stereocenters. The monoisotopic (exact) mass is 156 g/mol. The van der Waals surface area contributed by atoms with E-state index in [1.165, 1.54) is 6.07 Å². The summed E-state index contributed by atoms with van der Waals surface area (Å²) in [6.45, 7) is 0. The number of anilines is 2. The smallest absolute Gasteiger partial charge is 0.224 e. The maximum atomic E-state index is 12.5. The van der Waals surface area contributed by atoms with Gasteiger partial charge in [0.2, 0.25) is 11.9 Å². The van der Waals surface area contributed by atoms with E-state index in [9.17, 15) is 4.39 Å². The fourth-order valence-corrected chi connectivity index (χ4v) is 0.652. The molecule has 0 bridgehead atoms. The predicted octanol–water partition coefficient (Wildman–Crippen LogP) is 0.264. The molecule has 0 amide bonds. The van der Waals surface area contributed by atoms with E-state index in [0.717, 1.165) is 0 Å². The highest BCUT2D eigenvalue weighted by molar-refractivity contribution is 5.39. The Bertz CT molecular complexity index is 241. The largest absolute Gasteiger partial charge is 0.368 e. The van der Waals surface area contributed by atoms with Crippen LogP contribution in [0.25, 0.3) is 0 Å². The van der Waals surface area contributed by atoms with E-state index in [2.05, 4.69) is 9.97 Å². The third kappa shape index (κ3) is 1.76. The number of hydrogen-bond donors (Lipinski definition) is 1. The SMILES string of the molecule is CN(C)c1cc(F)nc(N)n1. The van der Waals surface area contributed by atoms with Crippen molar-refractivity contribution in [3.8, 4) is 0 Å². The molecule has 1 rings (SSSR count). The van der Waals surface area contributed by atoms with Crippen LogP contribution in [0.5, 0.6) is 0 Å². The minimum atomic E-state index is -0.610. The lowest BCUT2D eigenvalue weighted by Gasteiger charge is -2.10. The van der Waals surface area contributed by atoms with Gasteiger partial charge in [0, 0.05) is 20.2 Å². The molecule has 1 heterocycles. The van der Waals surface area contributed by atoms with Crippen LogP contribution in [0.15, 0.2) is 6.07 Å². The lowest BCUT2D eigenvalue weighted by Crippen LogP contribution is -2.12. The van der Waals surface area contributed by atoms with E-state index in [0.29, 0.717) is 5.82 Å². The summed E-state index contributed by atoms with van der Waals surface area (Å²) in [5, 5.41) is 0. The van der Waals surface area contributed by atoms with Gasteiger partial charge in [0.1, 0.15) is 5.82 Å². The molecule has 0 aliphatic rings. The minimum Gasteiger partial charge on any atom is -0.368 e. The number of rotatable bonds is 1. The first-order valence-corrected chi connectivity index (χ1v) is 3.07. The highest BCUT2D eigenvalue weighted by Gasteiger charge is 2.01. The molecule has 5 heteroatoms. The quantitative estimate of drug-likeness (QED) is 0.593. The van der Waals surface area contributed by atoms with Crippen LogP contribution in [0.2, 0.25) is 0 Å². The minimum absolute atomic E-state index is 0.0475. The second-order valence-corrected chi connectivity index (χ2v) is 2.30. The predicted molar refractivity (Wildman–Crippen MR) is 40.7 cm³/mol. The molecule has 0 saturated heterocycles. The Morgan fingerprint density at radius 2 is 2.09 bits per heavy atom. The van der Waals surface area contributed by atoms with Gasteiger partial charge in [-0.3, -0.25) is 0 Å². The van der Waals surface area contributed by atoms with Crippen molar-refractivity contribution < 1.29 is 4.39 Å². The van der Waals surface area contributed by atoms with Crippen LogP contribution >= 0.6 is 0 Å². The first-order valence-electron chi connectivity index (χ1n) is 3.07. The van der Waals surface area contributed by atoms with Crippen molar-refractivity contribution in [2.75, 3.05) is 24.7 Å². The molecule has 0 fully saturated rings. The van der Waals surface area contributed by atoms with Crippen LogP contribution in [-0.4, -0.2) is 24.1 Å². The Balaban J connectivity index is 3.08. The Labute approximate surface area is 63.9 Å². The summed E-state index contributed by atoms with van der Waals surface area (Å²) in [7, 11) is 3.50. The van der Waals surface area contributed by atoms with Gasteiger partial charge in [-0.15, -0.1) is 0 Å². The molecule has 0 unspecified atom stereocenters. The summed E-state index contributed by atoms with van der Waals surface area (Å²) in [6.07, 6.45) is 0. The Morgan fingerprint density at radius 1 is 1.45 bits per heavy atom. The molecule has 0 saturated carbocycles. The summed E-state index contributed by atoms with van der Waals surface area (Å²) >= 11 is 0. The molecular weight excluding hydrogens is 147 g/mol. The fraction of sp³-hybridized carbons (Fsp3) is 0.333. The molecule has 11 heavy (non-hydrogen) atoms. The van der Waals surface area contributed by atoms with Gasteiger partial charge in [-0.05, 0) is 0 Å². The Hall–Kier alpha value is -1.39. The van der Waals surface area contributed by atoms with Gasteiger partial charge < -0.3 is 10.6 Å². The zero-order valence-electron chi connectivity index (χ0n) is 6.37. The average molecular weight is 156 g/mol. The summed E-state index contributed by atoms with van der Waals surface area (Å²) in [6, 6.07) is 1.22. The van der Waals surface area contributed by atoms with Crippen LogP contribution in [-0.2, 0) is 0 Å². The molecule has 0 spiro atoms. The number of hydrogen-bond acceptors (Lipinski definition) is 4. The Kier molecular flexibility index (Phi) is 1.89. The highest BCUT2D eigenvalue weighted by atomic mass is 19.1. The molecule has 0 radical (unpaired) electrons. The van der Waals surface area contributed by atoms with Crippen molar-refractivity contribution in [2.45, 2.75) is 0 Å². The van der Waals surface area contributed by atoms with Gasteiger partial charge in [0.05, 0.1) is 0 Å². The van der Waals surface area contributed by atoms with Crippen LogP contribution in [0.3, 0.4) is 0 Å². The molecule has 1 aromatic rings. The third-order valence-electron chi connectivity index (χ3n) is 1.16. The lowest BCUT2D eigenvalue weighted by atomic mass is 10.5. The maximum Gasteiger partial charge on any atom is 0.224 e. The van der Waals surface area contributed by atoms with Gasteiger partial charge in [-0.1, -0.05) is 0 Å². The molecular formula is C6H9FN4. The van der Waals surface area contributed by atoms with Crippen molar-refractivity contribution in [2.24, 2.45) is 0 Å². The number of aromatic nitrogens is 2. The zero-order valence-corrected chi connectivity index (χ0v) is 6.37. The number of nitrogens with zero attached hydrogens (tertiary/aromatic N) is 3. The van der Waals surface area contributed by atoms with E-state index >= 15 is 0 Å². The summed E-state index contributed by atoms with van der Waals surface area (Å²) < 4.78 is 12.5. The van der Waals surface area contributed by atoms with E-state index in [4.69, 9.17) is 5.73 Å². The average Bonchev–Trinajstić information content (AvgIpc) is 1.85. The van der Waals surface area contributed by atoms with Crippen molar-refractivity contribution in [1.82, 2.24) is 9.97 Å². The summed E-state index contributed by atoms with van der Waals surface area (Å²) in [5.41, 5.74) is 5.21. The first kappa shape index (κ1) is 7.71. The van der Waals surface area contributed by atoms with Crippen molar-refractivity contribution in [3.05, 3.63) is 12.0 Å². The van der Waals surface area contributed by atoms with Crippen LogP contribution in [0, 0.1) is 5.95 Å². The molecule has 4 nitrogen and oxygen atoms in total. The molecule has 0 aromatic carbocycles. The van der Waals surface area contributed by atoms with E-state index < -0.39 is 5.95 Å². The number of nitrogens with two attached hydrogens (primary N) is 1. The summed E-state index contributed by atoms with van der Waals surface area (Å²) in [4.78, 5) is 8.73. The molecule has 0 aliphatic heterocycles. The van der Waals surface area contributed by atoms with Gasteiger partial charge in [-0.25, -0.2) is 0 Å². The van der Waals surface area contributed by atoms with Gasteiger partial charge in [0.25, 0.3) is 0 Å². The lowest BCUT2D eigenvalue weighted by molar-refractivity contribution is 0.582. The van der Waals surface area contributed by atoms with Gasteiger partial charge >= 0.3 is 0 Å². The fourth-order valence-electron chi connectivity index (χ4n) is 0.652. The second-order valence-electron chi connectivity index (χ2n) is 2.30. The van der Waals surface area contributed by atoms with Crippen molar-refractivity contribution in [1.29, 1.82) is 0 Å². The van der Waals surface area contributed by atoms with Crippen LogP contribution in [0.1, 0.15) is 0 Å². The first-order chi connectivity index (χ1) is 5.09. The van der Waals surface area contributed by atoms with Gasteiger partial charge in [-0.2, -0.15) is 14.4 Å². The molecule has 60 valence electrons. The number of nitrogen functional groups attached to an aromatic ring is 1. The zero-order chi connectivity index (χ0) is 8.43. The Morgan fingerprint density at radius 3 is 2.55 bits per heavy atom. The van der Waals surface area contributed by atoms with E-state index in [1.54, 1.807) is 19.0 Å². The van der Waals surface area contributed by atoms with E-state index in [-0.39, 0.29) is 5.95 Å². The molecule has 0 aliphatic carbocycles. The second kappa shape index (κ2) is 2.69. The van der Waals surface area contributed by atoms with Crippen molar-refractivity contribution in [3.63, 3.8) is 0 Å². The van der Waals surface area contributed by atoms with Crippen molar-refractivity contribution >= 4 is 11.8 Å². The van der Waals surface area contributed by atoms with Gasteiger partial charge in [0.15, 0.2) is 0 Å². The molecule has 2 N–H and O–H groups in total. The topological polar surface area (TPSA) is 55.0 Å². The maximum absolute atomic E-state index is 12.5. The highest BCUT2D eigenvalue weighted by Crippen LogP contribution is 2.08. The standard InChI is InChI=1S/C6H9FN4/c1-11(2)5-3-4(7)9-6(8)10-5/h3H,1-2H3,(H2,8,9,10). The number of halogens is 1. The molecule has 1 aromatic heterocycles. The van der Waals surface area contributed by atoms with E-state index in [1.807, 2.05) is 0 Å². The third-order valence-corrected chi connectivity index (χ3v) is 1.16. The van der Waals surface area contributed by atoms with Crippen LogP contribution in [0.4, 0.5) is 16.2 Å². The normalized spacial score (nSPS) is 9.73. The summed E-state index contributed by atoms with van der Waals surface area (Å²) in [5.74, 6) is -0.190. The van der Waals surface area contributed by atoms with Crippen LogP contribution < -0.4 is 10.6 Å².